The Morgan fingerprint density at radius 1 is 0.484 bits per heavy atom. The quantitative estimate of drug-likeness (QED) is 0.114. The molecule has 0 atom stereocenters. The van der Waals surface area contributed by atoms with Crippen molar-refractivity contribution >= 4 is 140 Å². The van der Waals surface area contributed by atoms with E-state index in [4.69, 9.17) is 116 Å². The van der Waals surface area contributed by atoms with Crippen LogP contribution in [0.3, 0.4) is 0 Å². The van der Waals surface area contributed by atoms with Crippen molar-refractivity contribution in [2.24, 2.45) is 0 Å². The maximum atomic E-state index is 6.41. The van der Waals surface area contributed by atoms with Crippen molar-refractivity contribution in [1.82, 2.24) is 3.71 Å². The predicted octanol–water partition coefficient (Wildman–Crippen LogP) is 12.8. The molecule has 2 rings (SSSR count). The van der Waals surface area contributed by atoms with Gasteiger partial charge in [-0.2, -0.15) is 3.71 Å². The van der Waals surface area contributed by atoms with Crippen LogP contribution < -0.4 is 0 Å². The lowest BCUT2D eigenvalue weighted by Gasteiger charge is -2.23. The van der Waals surface area contributed by atoms with E-state index < -0.39 is 0 Å². The van der Waals surface area contributed by atoms with E-state index >= 15 is 0 Å². The number of benzene rings is 2. The van der Waals surface area contributed by atoms with Crippen LogP contribution in [-0.2, 0) is 0 Å². The van der Waals surface area contributed by atoms with Gasteiger partial charge >= 0.3 is 0 Å². The molecule has 0 aromatic heterocycles. The van der Waals surface area contributed by atoms with E-state index in [0.29, 0.717) is 16.3 Å². The second kappa shape index (κ2) is 13.3. The molecule has 13 heteroatoms. The molecular formula is C18H13Cl10NS2. The fourth-order valence-electron chi connectivity index (χ4n) is 2.31. The summed E-state index contributed by atoms with van der Waals surface area (Å²) in [7, 11) is 0. The molecule has 2 aromatic rings. The topological polar surface area (TPSA) is 3.24 Å². The maximum absolute atomic E-state index is 6.41. The summed E-state index contributed by atoms with van der Waals surface area (Å²) in [4.78, 5) is 0.897. The van der Waals surface area contributed by atoms with Crippen molar-refractivity contribution in [3.05, 3.63) is 50.2 Å². The number of hydrogen-bond acceptors (Lipinski definition) is 3. The molecule has 0 unspecified atom stereocenters. The molecule has 31 heavy (non-hydrogen) atoms. The van der Waals surface area contributed by atoms with Gasteiger partial charge in [0.25, 0.3) is 0 Å². The molecule has 0 saturated carbocycles. The van der Waals surface area contributed by atoms with Crippen LogP contribution in [0, 0.1) is 0 Å². The Hall–Kier alpha value is 2.00. The number of unbranched alkanes of at least 4 members (excludes halogenated alkanes) is 3. The zero-order valence-corrected chi connectivity index (χ0v) is 24.8. The Bertz CT molecular complexity index is 840. The lowest BCUT2D eigenvalue weighted by atomic mass is 10.2. The molecule has 0 aliphatic heterocycles. The van der Waals surface area contributed by atoms with Crippen LogP contribution in [0.1, 0.15) is 32.6 Å². The highest BCUT2D eigenvalue weighted by atomic mass is 35.5. The average Bonchev–Trinajstić information content (AvgIpc) is 2.76. The van der Waals surface area contributed by atoms with Crippen LogP contribution in [0.2, 0.25) is 50.2 Å². The van der Waals surface area contributed by atoms with E-state index in [1.54, 1.807) is 0 Å². The minimum Gasteiger partial charge on any atom is -0.186 e. The largest absolute Gasteiger partial charge is 0.186 e. The standard InChI is InChI=1S/C18H13Cl10NS2/c1-2-3-4-5-6-29(30-17-13(25)9(21)7(19)10(22)14(17)26)31-18-15(27)11(23)8(20)12(24)16(18)28/h2-6H2,1H3. The number of nitrogens with zero attached hydrogens (tertiary/aromatic N) is 1. The molecule has 0 saturated heterocycles. The molecule has 0 aliphatic rings. The zero-order chi connectivity index (χ0) is 23.5. The summed E-state index contributed by atoms with van der Waals surface area (Å²) in [5.41, 5.74) is 0. The van der Waals surface area contributed by atoms with Gasteiger partial charge in [-0.25, -0.2) is 0 Å². The first kappa shape index (κ1) is 29.2. The Kier molecular flexibility index (Phi) is 12.6. The van der Waals surface area contributed by atoms with Gasteiger partial charge in [0.05, 0.1) is 60.0 Å². The van der Waals surface area contributed by atoms with Crippen molar-refractivity contribution < 1.29 is 0 Å². The molecule has 172 valence electrons. The third-order valence-corrected chi connectivity index (χ3v) is 11.3. The highest BCUT2D eigenvalue weighted by molar-refractivity contribution is 8.12. The molecular weight excluding hydrogens is 649 g/mol. The van der Waals surface area contributed by atoms with Crippen LogP contribution in [-0.4, -0.2) is 10.3 Å². The molecule has 1 nitrogen and oxygen atoms in total. The molecule has 0 fully saturated rings. The van der Waals surface area contributed by atoms with E-state index in [-0.39, 0.29) is 50.2 Å². The minimum absolute atomic E-state index is 0.0900. The monoisotopic (exact) mass is 657 g/mol. The fourth-order valence-corrected chi connectivity index (χ4v) is 7.40. The fraction of sp³-hybridized carbons (Fsp3) is 0.333. The van der Waals surface area contributed by atoms with Gasteiger partial charge in [0.2, 0.25) is 0 Å². The Morgan fingerprint density at radius 2 is 0.806 bits per heavy atom. The summed E-state index contributed by atoms with van der Waals surface area (Å²) < 4.78 is 1.90. The van der Waals surface area contributed by atoms with E-state index in [0.717, 1.165) is 25.7 Å². The Morgan fingerprint density at radius 3 is 1.13 bits per heavy atom. The van der Waals surface area contributed by atoms with Gasteiger partial charge in [0, 0.05) is 6.54 Å². The molecule has 0 heterocycles. The molecule has 0 radical (unpaired) electrons. The van der Waals surface area contributed by atoms with E-state index in [1.807, 2.05) is 3.71 Å². The Labute approximate surface area is 240 Å². The van der Waals surface area contributed by atoms with Gasteiger partial charge < -0.3 is 0 Å². The van der Waals surface area contributed by atoms with Crippen LogP contribution in [0.25, 0.3) is 0 Å². The van der Waals surface area contributed by atoms with Crippen molar-refractivity contribution in [2.75, 3.05) is 6.54 Å². The highest BCUT2D eigenvalue weighted by Crippen LogP contribution is 2.53. The van der Waals surface area contributed by atoms with Crippen LogP contribution in [0.5, 0.6) is 0 Å². The first-order chi connectivity index (χ1) is 14.5. The van der Waals surface area contributed by atoms with Crippen molar-refractivity contribution in [1.29, 1.82) is 0 Å². The summed E-state index contributed by atoms with van der Waals surface area (Å²) in [6, 6.07) is 0. The molecule has 0 bridgehead atoms. The second-order valence-electron chi connectivity index (χ2n) is 6.10. The highest BCUT2D eigenvalue weighted by Gasteiger charge is 2.26. The van der Waals surface area contributed by atoms with E-state index in [9.17, 15) is 0 Å². The molecule has 0 spiro atoms. The second-order valence-corrected chi connectivity index (χ2v) is 12.2. The van der Waals surface area contributed by atoms with Crippen molar-refractivity contribution in [3.63, 3.8) is 0 Å². The third-order valence-electron chi connectivity index (χ3n) is 3.92. The first-order valence-electron chi connectivity index (χ1n) is 8.69. The summed E-state index contributed by atoms with van der Waals surface area (Å²) in [6.45, 7) is 2.76. The minimum atomic E-state index is 0.0900. The number of hydrogen-bond donors (Lipinski definition) is 0. The van der Waals surface area contributed by atoms with Crippen molar-refractivity contribution in [3.8, 4) is 0 Å². The van der Waals surface area contributed by atoms with Crippen LogP contribution in [0.4, 0.5) is 0 Å². The van der Waals surface area contributed by atoms with Crippen molar-refractivity contribution in [2.45, 2.75) is 42.4 Å². The zero-order valence-electron chi connectivity index (χ0n) is 15.6. The van der Waals surface area contributed by atoms with Gasteiger partial charge in [-0.3, -0.25) is 0 Å². The molecule has 0 amide bonds. The third kappa shape index (κ3) is 7.03. The predicted molar refractivity (Wildman–Crippen MR) is 146 cm³/mol. The molecule has 0 aliphatic carbocycles. The summed E-state index contributed by atoms with van der Waals surface area (Å²) in [5.74, 6) is 0. The van der Waals surface area contributed by atoms with Crippen LogP contribution in [0.15, 0.2) is 9.79 Å². The summed E-state index contributed by atoms with van der Waals surface area (Å²) >= 11 is 65.2. The number of halogens is 10. The van der Waals surface area contributed by atoms with Gasteiger partial charge in [0.15, 0.2) is 0 Å². The number of rotatable bonds is 9. The normalized spacial score (nSPS) is 11.6. The first-order valence-corrected chi connectivity index (χ1v) is 14.0. The summed E-state index contributed by atoms with van der Waals surface area (Å²) in [5, 5.41) is 1.40. The van der Waals surface area contributed by atoms with Crippen LogP contribution >= 0.6 is 140 Å². The van der Waals surface area contributed by atoms with Gasteiger partial charge in [-0.15, -0.1) is 0 Å². The SMILES string of the molecule is CCCCCCN(Sc1c(Cl)c(Cl)c(Cl)c(Cl)c1Cl)Sc1c(Cl)c(Cl)c(Cl)c(Cl)c1Cl. The lowest BCUT2D eigenvalue weighted by molar-refractivity contribution is 0.605. The lowest BCUT2D eigenvalue weighted by Crippen LogP contribution is -2.09. The Balaban J connectivity index is 2.45. The van der Waals surface area contributed by atoms with Gasteiger partial charge in [0.1, 0.15) is 0 Å². The molecule has 2 aromatic carbocycles. The van der Waals surface area contributed by atoms with Gasteiger partial charge in [-0.05, 0) is 30.3 Å². The molecule has 0 N–H and O–H groups in total. The van der Waals surface area contributed by atoms with E-state index in [1.165, 1.54) is 23.9 Å². The summed E-state index contributed by atoms with van der Waals surface area (Å²) in [6.07, 6.45) is 4.12. The van der Waals surface area contributed by atoms with E-state index in [2.05, 4.69) is 6.92 Å². The smallest absolute Gasteiger partial charge is 0.0809 e. The van der Waals surface area contributed by atoms with Gasteiger partial charge in [-0.1, -0.05) is 142 Å². The maximum Gasteiger partial charge on any atom is 0.0809 e. The average molecular weight is 662 g/mol.